The molecule has 10 atom stereocenters. The molecule has 0 aliphatic heterocycles. The van der Waals surface area contributed by atoms with E-state index < -0.39 is 59.5 Å². The molecular weight excluding hydrogens is 1740 g/mol. The van der Waals surface area contributed by atoms with Gasteiger partial charge in [0.1, 0.15) is 0 Å². The van der Waals surface area contributed by atoms with Gasteiger partial charge in [-0.1, -0.05) is 190 Å². The number of aryl methyl sites for hydroxylation is 3. The summed E-state index contributed by atoms with van der Waals surface area (Å²) in [6, 6.07) is 45.3. The number of carbonyl (C=O) groups excluding carboxylic acids is 5. The van der Waals surface area contributed by atoms with Gasteiger partial charge in [0.05, 0.1) is 33.0 Å². The Morgan fingerprint density at radius 3 is 0.684 bits per heavy atom. The highest BCUT2D eigenvalue weighted by molar-refractivity contribution is 5.79. The average molecular weight is 1900 g/mol. The molecule has 10 nitrogen and oxygen atoms in total. The van der Waals surface area contributed by atoms with Crippen molar-refractivity contribution in [2.75, 3.05) is 33.0 Å². The first-order valence-corrected chi connectivity index (χ1v) is 52.0. The third kappa shape index (κ3) is 22.0. The minimum atomic E-state index is -3.41. The summed E-state index contributed by atoms with van der Waals surface area (Å²) in [6.07, 6.45) is 39.8. The molecule has 5 aromatic rings. The van der Waals surface area contributed by atoms with Crippen LogP contribution in [0.5, 0.6) is 0 Å². The van der Waals surface area contributed by atoms with Crippen LogP contribution < -0.4 is 0 Å². The molecular formula is C116H152F10O10. The van der Waals surface area contributed by atoms with E-state index in [1.807, 2.05) is 0 Å². The number of benzene rings is 5. The Morgan fingerprint density at radius 2 is 0.493 bits per heavy atom. The van der Waals surface area contributed by atoms with Crippen molar-refractivity contribution in [1.82, 2.24) is 0 Å². The molecule has 0 heterocycles. The number of esters is 5. The predicted octanol–water partition coefficient (Wildman–Crippen LogP) is 28.9. The van der Waals surface area contributed by atoms with Gasteiger partial charge in [0.25, 0.3) is 0 Å². The molecule has 746 valence electrons. The van der Waals surface area contributed by atoms with Crippen LogP contribution in [0.25, 0.3) is 0 Å². The molecule has 20 aliphatic rings. The second kappa shape index (κ2) is 37.9. The molecule has 0 saturated heterocycles. The molecule has 0 aromatic heterocycles. The molecule has 0 radical (unpaired) electrons. The van der Waals surface area contributed by atoms with E-state index in [9.17, 15) is 67.9 Å². The van der Waals surface area contributed by atoms with Crippen molar-refractivity contribution in [3.05, 3.63) is 177 Å². The second-order valence-corrected chi connectivity index (χ2v) is 49.9. The molecule has 0 spiro atoms. The number of carbonyl (C=O) groups is 5. The highest BCUT2D eigenvalue weighted by Crippen LogP contribution is 2.72. The van der Waals surface area contributed by atoms with Crippen LogP contribution in [0.15, 0.2) is 121 Å². The van der Waals surface area contributed by atoms with Crippen molar-refractivity contribution in [2.24, 2.45) is 86.3 Å². The van der Waals surface area contributed by atoms with E-state index in [0.29, 0.717) is 99.7 Å². The number of rotatable bonds is 27. The standard InChI is InChI=1S/2C24H32F2O2.2C23H30F2O2.C22H28F2O2/c1-21(2,3)18-5-7-19(8-6-18)24-12-16-9-17(13-24)11-23(10-16,14-24)15-28-20(27)22(4,25)26;1-3-4-5-17-6-8-20(9-7-17)24-13-18-10-19(14-24)12-23(11-18,15-24)16-28-21(27)22(2,25)26;1-15(2)18-4-6-19(7-5-18)23-11-16-8-17(12-23)10-22(9-16,13-23)14-27-20(26)21(3,24)25;1-3-4-16-5-7-19(8-6-16)23-12-17-9-18(13-23)11-22(10-17,14-23)15-27-20(26)21(2,24)25;1-3-15-4-6-18(7-5-15)22-11-16-8-17(12-22)10-21(9-16,13-22)14-26-19(25)20(2,23)24/h5-8,16-17H,9-15H2,1-4H3;6-9,18-19H,3-5,10-16H2,1-2H3;4-7,15-17H,8-14H2,1-3H3;5-8,17-18H,3-4,9-15H2,1-2H3;4-7,16-17H,3,8-14H2,1-2H3. The Hall–Kier alpha value is -7.25. The minimum Gasteiger partial charge on any atom is -0.461 e. The fraction of sp³-hybridized carbons (Fsp3) is 0.698. The Morgan fingerprint density at radius 1 is 0.287 bits per heavy atom. The molecule has 25 rings (SSSR count). The molecule has 20 fully saturated rings. The number of hydrogen-bond donors (Lipinski definition) is 0. The summed E-state index contributed by atoms with van der Waals surface area (Å²) in [7, 11) is 0. The van der Waals surface area contributed by atoms with Gasteiger partial charge in [0, 0.05) is 61.7 Å². The monoisotopic (exact) mass is 1900 g/mol. The quantitative estimate of drug-likeness (QED) is 0.0284. The maximum Gasteiger partial charge on any atom is 0.376 e. The summed E-state index contributed by atoms with van der Waals surface area (Å²) in [6.45, 7) is 21.5. The zero-order valence-electron chi connectivity index (χ0n) is 83.3. The minimum absolute atomic E-state index is 0.113. The Bertz CT molecular complexity index is 4970. The van der Waals surface area contributed by atoms with E-state index in [1.54, 1.807) is 0 Å². The van der Waals surface area contributed by atoms with Gasteiger partial charge < -0.3 is 23.7 Å². The van der Waals surface area contributed by atoms with E-state index in [2.05, 4.69) is 177 Å². The highest BCUT2D eigenvalue weighted by Gasteiger charge is 2.65. The van der Waals surface area contributed by atoms with E-state index in [1.165, 1.54) is 165 Å². The van der Waals surface area contributed by atoms with Crippen LogP contribution >= 0.6 is 0 Å². The van der Waals surface area contributed by atoms with Crippen LogP contribution in [0.2, 0.25) is 0 Å². The van der Waals surface area contributed by atoms with E-state index in [4.69, 9.17) is 23.7 Å². The molecule has 0 amide bonds. The fourth-order valence-corrected chi connectivity index (χ4v) is 32.9. The van der Waals surface area contributed by atoms with Crippen molar-refractivity contribution in [2.45, 2.75) is 389 Å². The maximum atomic E-state index is 13.3. The topological polar surface area (TPSA) is 132 Å². The van der Waals surface area contributed by atoms with E-state index in [0.717, 1.165) is 122 Å². The van der Waals surface area contributed by atoms with Gasteiger partial charge in [-0.25, -0.2) is 24.0 Å². The van der Waals surface area contributed by atoms with Crippen LogP contribution in [-0.4, -0.2) is 92.5 Å². The Balaban J connectivity index is 0.000000123. The lowest BCUT2D eigenvalue weighted by Crippen LogP contribution is -2.55. The SMILES string of the molecule is CC(C)c1ccc(C23CC4CC(CC(COC(=O)C(C)(F)F)(C4)C2)C3)cc1.CC(F)(F)C(=O)OCC12CC3CC(C1)CC(c1ccc(C(C)(C)C)cc1)(C3)C2.CCCCc1ccc(C23CC4CC(CC(COC(=O)C(C)(F)F)(C4)C2)C3)cc1.CCCc1ccc(C23CC4CC(CC(COC(=O)C(C)(F)F)(C4)C2)C3)cc1.CCc1ccc(C23CC4CC(CC(COC(=O)C(C)(F)F)(C4)C2)C3)cc1. The van der Waals surface area contributed by atoms with Gasteiger partial charge in [-0.15, -0.1) is 0 Å². The van der Waals surface area contributed by atoms with Crippen molar-refractivity contribution in [1.29, 1.82) is 0 Å². The molecule has 10 unspecified atom stereocenters. The first-order chi connectivity index (χ1) is 63.7. The molecule has 20 saturated carbocycles. The predicted molar refractivity (Wildman–Crippen MR) is 509 cm³/mol. The first-order valence-electron chi connectivity index (χ1n) is 52.0. The number of hydrogen-bond acceptors (Lipinski definition) is 10. The van der Waals surface area contributed by atoms with Crippen LogP contribution in [0, 0.1) is 86.3 Å². The summed E-state index contributed by atoms with van der Waals surface area (Å²) in [5.41, 5.74) is 13.9. The van der Waals surface area contributed by atoms with Crippen LogP contribution in [0.3, 0.4) is 0 Å². The summed E-state index contributed by atoms with van der Waals surface area (Å²) in [4.78, 5) is 58.2. The molecule has 20 bridgehead atoms. The first kappa shape index (κ1) is 102. The summed E-state index contributed by atoms with van der Waals surface area (Å²) < 4.78 is 158. The lowest BCUT2D eigenvalue weighted by atomic mass is 9.43. The number of unbranched alkanes of at least 4 members (excludes halogenated alkanes) is 1. The summed E-state index contributed by atoms with van der Waals surface area (Å²) in [5.74, 6) is -17.2. The van der Waals surface area contributed by atoms with Gasteiger partial charge >= 0.3 is 59.5 Å². The number of halogens is 10. The second-order valence-electron chi connectivity index (χ2n) is 49.9. The Kier molecular flexibility index (Phi) is 28.3. The Labute approximate surface area is 802 Å². The third-order valence-corrected chi connectivity index (χ3v) is 36.3. The van der Waals surface area contributed by atoms with Crippen molar-refractivity contribution >= 4 is 29.8 Å². The molecule has 20 heteroatoms. The largest absolute Gasteiger partial charge is 0.461 e. The highest BCUT2D eigenvalue weighted by atomic mass is 19.3. The van der Waals surface area contributed by atoms with Gasteiger partial charge in [-0.3, -0.25) is 0 Å². The number of ether oxygens (including phenoxy) is 5. The van der Waals surface area contributed by atoms with Crippen molar-refractivity contribution < 1.29 is 91.6 Å². The molecule has 136 heavy (non-hydrogen) atoms. The van der Waals surface area contributed by atoms with Crippen LogP contribution in [0.1, 0.15) is 363 Å². The van der Waals surface area contributed by atoms with Crippen molar-refractivity contribution in [3.8, 4) is 0 Å². The van der Waals surface area contributed by atoms with E-state index in [-0.39, 0.29) is 92.6 Å². The fourth-order valence-electron chi connectivity index (χ4n) is 32.9. The lowest BCUT2D eigenvalue weighted by Gasteiger charge is -2.62. The maximum absolute atomic E-state index is 13.3. The normalized spacial score (nSPS) is 34.7. The van der Waals surface area contributed by atoms with Crippen LogP contribution in [-0.2, 0) is 99.4 Å². The lowest BCUT2D eigenvalue weighted by molar-refractivity contribution is -0.180. The molecule has 5 aromatic carbocycles. The van der Waals surface area contributed by atoms with Crippen molar-refractivity contribution in [3.63, 3.8) is 0 Å². The zero-order valence-corrected chi connectivity index (χ0v) is 83.3. The molecule has 20 aliphatic carbocycles. The van der Waals surface area contributed by atoms with E-state index >= 15 is 0 Å². The summed E-state index contributed by atoms with van der Waals surface area (Å²) >= 11 is 0. The van der Waals surface area contributed by atoms with Gasteiger partial charge in [-0.05, 0) is 372 Å². The smallest absolute Gasteiger partial charge is 0.376 e. The average Bonchev–Trinajstić information content (AvgIpc) is 0.721. The number of alkyl halides is 10. The molecule has 0 N–H and O–H groups in total. The zero-order chi connectivity index (χ0) is 97.7. The van der Waals surface area contributed by atoms with Gasteiger partial charge in [-0.2, -0.15) is 43.9 Å². The van der Waals surface area contributed by atoms with Gasteiger partial charge in [0.15, 0.2) is 0 Å². The van der Waals surface area contributed by atoms with Crippen LogP contribution in [0.4, 0.5) is 43.9 Å². The summed E-state index contributed by atoms with van der Waals surface area (Å²) in [5, 5.41) is 0. The third-order valence-electron chi connectivity index (χ3n) is 36.3. The van der Waals surface area contributed by atoms with Gasteiger partial charge in [0.2, 0.25) is 0 Å².